The van der Waals surface area contributed by atoms with Crippen molar-refractivity contribution in [2.24, 2.45) is 11.8 Å². The third-order valence-corrected chi connectivity index (χ3v) is 8.79. The van der Waals surface area contributed by atoms with E-state index in [4.69, 9.17) is 33.7 Å². The molecule has 3 aliphatic rings. The molecule has 3 aliphatic heterocycles. The van der Waals surface area contributed by atoms with Gasteiger partial charge in [-0.05, 0) is 71.8 Å². The summed E-state index contributed by atoms with van der Waals surface area (Å²) in [4.78, 5) is 15.4. The molecule has 11 nitrogen and oxygen atoms in total. The Hall–Kier alpha value is -4.34. The second-order valence-electron chi connectivity index (χ2n) is 13.0. The molecule has 0 aromatic heterocycles. The molecule has 2 fully saturated rings. The summed E-state index contributed by atoms with van der Waals surface area (Å²) in [7, 11) is 0. The summed E-state index contributed by atoms with van der Waals surface area (Å²) in [5, 5.41) is 23.7. The largest absolute Gasteiger partial charge is 0.489 e. The fourth-order valence-corrected chi connectivity index (χ4v) is 6.38. The van der Waals surface area contributed by atoms with Crippen molar-refractivity contribution in [1.82, 2.24) is 10.2 Å². The Kier molecular flexibility index (Phi) is 11.0. The number of nitrogens with one attached hydrogen (secondary N) is 1. The Labute approximate surface area is 281 Å². The third kappa shape index (κ3) is 8.76. The van der Waals surface area contributed by atoms with E-state index < -0.39 is 24.3 Å². The van der Waals surface area contributed by atoms with Crippen molar-refractivity contribution in [3.63, 3.8) is 0 Å². The molecule has 5 atom stereocenters. The van der Waals surface area contributed by atoms with Gasteiger partial charge in [0.2, 0.25) is 6.79 Å². The molecule has 11 heteroatoms. The second-order valence-corrected chi connectivity index (χ2v) is 13.0. The molecule has 3 heterocycles. The van der Waals surface area contributed by atoms with Crippen LogP contribution in [0.2, 0.25) is 0 Å². The molecule has 0 aliphatic carbocycles. The Morgan fingerprint density at radius 3 is 2.52 bits per heavy atom. The predicted octanol–water partition coefficient (Wildman–Crippen LogP) is 4.78. The maximum Gasteiger partial charge on any atom is 0.407 e. The third-order valence-electron chi connectivity index (χ3n) is 8.79. The summed E-state index contributed by atoms with van der Waals surface area (Å²) in [6, 6.07) is 22.3. The number of hydrogen-bond donors (Lipinski definition) is 2. The van der Waals surface area contributed by atoms with E-state index in [1.165, 1.54) is 0 Å². The van der Waals surface area contributed by atoms with Gasteiger partial charge >= 0.3 is 6.09 Å². The van der Waals surface area contributed by atoms with Crippen LogP contribution in [0.25, 0.3) is 0 Å². The van der Waals surface area contributed by atoms with Crippen LogP contribution in [0, 0.1) is 23.2 Å². The molecule has 0 spiro atoms. The maximum absolute atomic E-state index is 13.3. The van der Waals surface area contributed by atoms with Crippen molar-refractivity contribution in [2.45, 2.75) is 64.4 Å². The molecule has 6 rings (SSSR count). The van der Waals surface area contributed by atoms with Crippen LogP contribution in [0.5, 0.6) is 17.2 Å². The number of nitrogens with zero attached hydrogens (tertiary/aromatic N) is 2. The van der Waals surface area contributed by atoms with Crippen molar-refractivity contribution < 1.29 is 38.3 Å². The van der Waals surface area contributed by atoms with E-state index in [-0.39, 0.29) is 25.6 Å². The van der Waals surface area contributed by atoms with Crippen molar-refractivity contribution in [2.75, 3.05) is 33.1 Å². The van der Waals surface area contributed by atoms with Gasteiger partial charge in [0.15, 0.2) is 17.8 Å². The molecule has 2 N–H and O–H groups in total. The first-order valence-corrected chi connectivity index (χ1v) is 16.5. The van der Waals surface area contributed by atoms with E-state index in [1.54, 1.807) is 12.1 Å². The van der Waals surface area contributed by atoms with Gasteiger partial charge in [-0.3, -0.25) is 4.90 Å². The lowest BCUT2D eigenvalue weighted by Crippen LogP contribution is -2.50. The lowest BCUT2D eigenvalue weighted by atomic mass is 10.00. The van der Waals surface area contributed by atoms with E-state index in [0.717, 1.165) is 41.2 Å². The molecule has 0 saturated carbocycles. The highest BCUT2D eigenvalue weighted by Crippen LogP contribution is 2.34. The van der Waals surface area contributed by atoms with Gasteiger partial charge < -0.3 is 38.8 Å². The predicted molar refractivity (Wildman–Crippen MR) is 175 cm³/mol. The molecule has 3 aromatic rings. The minimum atomic E-state index is -0.903. The van der Waals surface area contributed by atoms with Crippen LogP contribution >= 0.6 is 0 Å². The number of benzene rings is 3. The number of nitriles is 1. The van der Waals surface area contributed by atoms with Gasteiger partial charge in [-0.25, -0.2) is 4.79 Å². The normalized spacial score (nSPS) is 20.7. The van der Waals surface area contributed by atoms with Crippen LogP contribution in [-0.2, 0) is 33.8 Å². The first-order chi connectivity index (χ1) is 23.3. The standard InChI is InChI=1S/C37H43N3O8/c1-24(2)18-40(19-28-9-12-33-34(16-28)47-23-46-33)20-32(41)31(39-37(42)48-35-22-45-36-30(35)13-14-43-36)15-25-7-10-29(11-8-25)44-21-27-5-3-26(17-38)4-6-27/h3-12,16,24,30-32,35-36,41H,13-15,18-23H2,1-2H3,(H,39,42)/t30-,31-,32+,35-,36+/m0/s1. The fraction of sp³-hybridized carbons (Fsp3) is 0.459. The van der Waals surface area contributed by atoms with Crippen molar-refractivity contribution in [3.8, 4) is 23.3 Å². The number of fused-ring (bicyclic) bond motifs is 2. The van der Waals surface area contributed by atoms with Crippen LogP contribution in [0.1, 0.15) is 42.5 Å². The number of amides is 1. The van der Waals surface area contributed by atoms with Gasteiger partial charge in [-0.2, -0.15) is 5.26 Å². The number of hydrogen-bond acceptors (Lipinski definition) is 10. The number of carbonyl (C=O) groups excluding carboxylic acids is 1. The van der Waals surface area contributed by atoms with Crippen LogP contribution in [-0.4, -0.2) is 73.7 Å². The molecular weight excluding hydrogens is 614 g/mol. The number of aliphatic hydroxyl groups excluding tert-OH is 1. The lowest BCUT2D eigenvalue weighted by molar-refractivity contribution is -0.0907. The Morgan fingerprint density at radius 2 is 1.75 bits per heavy atom. The smallest absolute Gasteiger partial charge is 0.407 e. The second kappa shape index (κ2) is 15.7. The molecule has 2 saturated heterocycles. The van der Waals surface area contributed by atoms with E-state index in [1.807, 2.05) is 54.6 Å². The number of alkyl carbamates (subject to hydrolysis) is 1. The molecular formula is C37H43N3O8. The van der Waals surface area contributed by atoms with Crippen LogP contribution in [0.15, 0.2) is 66.7 Å². The molecule has 0 unspecified atom stereocenters. The first kappa shape index (κ1) is 33.6. The van der Waals surface area contributed by atoms with E-state index >= 15 is 0 Å². The summed E-state index contributed by atoms with van der Waals surface area (Å²) < 4.78 is 34.1. The van der Waals surface area contributed by atoms with E-state index in [2.05, 4.69) is 30.1 Å². The Bertz CT molecular complexity index is 1560. The van der Waals surface area contributed by atoms with Crippen molar-refractivity contribution in [1.29, 1.82) is 5.26 Å². The highest BCUT2D eigenvalue weighted by atomic mass is 16.7. The highest BCUT2D eigenvalue weighted by Gasteiger charge is 2.44. The number of ether oxygens (including phenoxy) is 6. The van der Waals surface area contributed by atoms with Gasteiger partial charge in [0.25, 0.3) is 0 Å². The number of rotatable bonds is 14. The highest BCUT2D eigenvalue weighted by molar-refractivity contribution is 5.68. The topological polar surface area (TPSA) is 132 Å². The minimum Gasteiger partial charge on any atom is -0.489 e. The zero-order chi connectivity index (χ0) is 33.5. The van der Waals surface area contributed by atoms with Gasteiger partial charge in [-0.1, -0.05) is 44.2 Å². The molecule has 1 amide bonds. The lowest BCUT2D eigenvalue weighted by Gasteiger charge is -2.31. The molecule has 0 radical (unpaired) electrons. The zero-order valence-electron chi connectivity index (χ0n) is 27.4. The summed E-state index contributed by atoms with van der Waals surface area (Å²) in [6.07, 6.45) is -1.07. The van der Waals surface area contributed by atoms with Crippen LogP contribution in [0.3, 0.4) is 0 Å². The molecule has 0 bridgehead atoms. The summed E-state index contributed by atoms with van der Waals surface area (Å²) in [5.41, 5.74) is 3.52. The zero-order valence-corrected chi connectivity index (χ0v) is 27.4. The first-order valence-electron chi connectivity index (χ1n) is 16.5. The summed E-state index contributed by atoms with van der Waals surface area (Å²) in [6.45, 7) is 7.40. The average molecular weight is 658 g/mol. The fourth-order valence-electron chi connectivity index (χ4n) is 6.38. The molecule has 3 aromatic carbocycles. The van der Waals surface area contributed by atoms with Gasteiger partial charge in [0.05, 0.1) is 42.9 Å². The molecule has 48 heavy (non-hydrogen) atoms. The van der Waals surface area contributed by atoms with Crippen LogP contribution in [0.4, 0.5) is 4.79 Å². The quantitative estimate of drug-likeness (QED) is 0.250. The van der Waals surface area contributed by atoms with Gasteiger partial charge in [-0.15, -0.1) is 0 Å². The van der Waals surface area contributed by atoms with Crippen molar-refractivity contribution >= 4 is 6.09 Å². The average Bonchev–Trinajstić information content (AvgIpc) is 3.83. The SMILES string of the molecule is CC(C)CN(Cc1ccc2c(c1)OCO2)C[C@@H](O)[C@H](Cc1ccc(OCc2ccc(C#N)cc2)cc1)NC(=O)O[C@H]1CO[C@H]2OCC[C@H]21. The molecule has 254 valence electrons. The monoisotopic (exact) mass is 657 g/mol. The van der Waals surface area contributed by atoms with Crippen molar-refractivity contribution in [3.05, 3.63) is 89.0 Å². The summed E-state index contributed by atoms with van der Waals surface area (Å²) in [5.74, 6) is 2.50. The van der Waals surface area contributed by atoms with E-state index in [9.17, 15) is 9.90 Å². The minimum absolute atomic E-state index is 0.0131. The number of carbonyl (C=O) groups is 1. The Balaban J connectivity index is 1.12. The summed E-state index contributed by atoms with van der Waals surface area (Å²) >= 11 is 0. The van der Waals surface area contributed by atoms with Gasteiger partial charge in [0.1, 0.15) is 18.5 Å². The van der Waals surface area contributed by atoms with Crippen LogP contribution < -0.4 is 19.5 Å². The Morgan fingerprint density at radius 1 is 1.00 bits per heavy atom. The van der Waals surface area contributed by atoms with Gasteiger partial charge in [0, 0.05) is 19.6 Å². The number of aliphatic hydroxyl groups is 1. The van der Waals surface area contributed by atoms with E-state index in [0.29, 0.717) is 50.0 Å². The maximum atomic E-state index is 13.3.